The second kappa shape index (κ2) is 10.5. The molecule has 29 heavy (non-hydrogen) atoms. The number of piperazine rings is 1. The normalized spacial score (nSPS) is 19.3. The Morgan fingerprint density at radius 1 is 1.07 bits per heavy atom. The molecule has 0 aromatic heterocycles. The second-order valence-electron chi connectivity index (χ2n) is 7.18. The van der Waals surface area contributed by atoms with E-state index in [4.69, 9.17) is 0 Å². The number of guanidine groups is 1. The highest BCUT2D eigenvalue weighted by atomic mass is 127. The molecule has 0 aliphatic carbocycles. The molecule has 1 saturated heterocycles. The van der Waals surface area contributed by atoms with E-state index in [2.05, 4.69) is 51.6 Å². The summed E-state index contributed by atoms with van der Waals surface area (Å²) in [5, 5.41) is 3.33. The predicted octanol–water partition coefficient (Wildman–Crippen LogP) is 3.32. The van der Waals surface area contributed by atoms with E-state index < -0.39 is 12.2 Å². The third-order valence-corrected chi connectivity index (χ3v) is 5.42. The number of anilines is 1. The molecule has 0 saturated carbocycles. The highest BCUT2D eigenvalue weighted by molar-refractivity contribution is 14.0. The Bertz CT molecular complexity index is 689. The van der Waals surface area contributed by atoms with Gasteiger partial charge >= 0.3 is 6.18 Å². The Morgan fingerprint density at radius 2 is 1.66 bits per heavy atom. The highest BCUT2D eigenvalue weighted by Gasteiger charge is 2.41. The maximum Gasteiger partial charge on any atom is 0.403 e. The lowest BCUT2D eigenvalue weighted by Gasteiger charge is -2.39. The van der Waals surface area contributed by atoms with E-state index in [-0.39, 0.29) is 24.0 Å². The van der Waals surface area contributed by atoms with Crippen molar-refractivity contribution < 1.29 is 13.2 Å². The van der Waals surface area contributed by atoms with Crippen molar-refractivity contribution in [1.29, 1.82) is 0 Å². The minimum Gasteiger partial charge on any atom is -0.364 e. The first-order chi connectivity index (χ1) is 13.4. The molecular formula is C20H29F3IN5. The highest BCUT2D eigenvalue weighted by Crippen LogP contribution is 2.25. The zero-order chi connectivity index (χ0) is 20.1. The summed E-state index contributed by atoms with van der Waals surface area (Å²) in [5.41, 5.74) is 2.34. The zero-order valence-electron chi connectivity index (χ0n) is 16.8. The van der Waals surface area contributed by atoms with E-state index in [1.54, 1.807) is 7.05 Å². The Balaban J connectivity index is 0.00000300. The van der Waals surface area contributed by atoms with Gasteiger partial charge in [0.05, 0.1) is 0 Å². The molecule has 2 heterocycles. The van der Waals surface area contributed by atoms with Gasteiger partial charge in [-0.2, -0.15) is 13.2 Å². The topological polar surface area (TPSA) is 34.1 Å². The summed E-state index contributed by atoms with van der Waals surface area (Å²) in [7, 11) is 1.70. The molecule has 1 unspecified atom stereocenters. The third-order valence-electron chi connectivity index (χ3n) is 5.42. The van der Waals surface area contributed by atoms with Crippen LogP contribution in [0.3, 0.4) is 0 Å². The van der Waals surface area contributed by atoms with Crippen LogP contribution < -0.4 is 10.2 Å². The standard InChI is InChI=1S/C20H28F3N5.HI/c1-16(20(21,22)23)26-11-13-28(14-12-26)19(24-2)25-15-17-5-7-18(8-6-17)27-9-3-4-10-27;/h3-8,16H,9-15H2,1-2H3,(H,24,25);1H. The summed E-state index contributed by atoms with van der Waals surface area (Å²) in [5.74, 6) is 0.729. The van der Waals surface area contributed by atoms with E-state index in [9.17, 15) is 13.2 Å². The number of nitrogens with zero attached hydrogens (tertiary/aromatic N) is 4. The summed E-state index contributed by atoms with van der Waals surface area (Å²) in [4.78, 5) is 10.1. The van der Waals surface area contributed by atoms with Crippen molar-refractivity contribution in [3.05, 3.63) is 42.0 Å². The van der Waals surface area contributed by atoms with Gasteiger partial charge in [0.25, 0.3) is 0 Å². The molecule has 1 aromatic rings. The van der Waals surface area contributed by atoms with Gasteiger partial charge in [-0.15, -0.1) is 24.0 Å². The van der Waals surface area contributed by atoms with Crippen molar-refractivity contribution in [3.63, 3.8) is 0 Å². The van der Waals surface area contributed by atoms with Crippen LogP contribution in [0.1, 0.15) is 12.5 Å². The van der Waals surface area contributed by atoms with E-state index in [1.807, 2.05) is 4.90 Å². The maximum absolute atomic E-state index is 12.9. The SMILES string of the molecule is CN=C(NCc1ccc(N2CC=CC2)cc1)N1CCN(C(C)C(F)(F)F)CC1.I. The van der Waals surface area contributed by atoms with E-state index in [0.717, 1.165) is 24.6 Å². The van der Waals surface area contributed by atoms with Crippen LogP contribution in [-0.2, 0) is 6.54 Å². The smallest absolute Gasteiger partial charge is 0.364 e. The van der Waals surface area contributed by atoms with Gasteiger partial charge in [-0.25, -0.2) is 0 Å². The van der Waals surface area contributed by atoms with Gasteiger partial charge in [-0.1, -0.05) is 24.3 Å². The molecule has 1 fully saturated rings. The largest absolute Gasteiger partial charge is 0.403 e. The van der Waals surface area contributed by atoms with Gasteiger partial charge in [0.2, 0.25) is 0 Å². The van der Waals surface area contributed by atoms with Crippen molar-refractivity contribution in [2.24, 2.45) is 4.99 Å². The molecule has 5 nitrogen and oxygen atoms in total. The summed E-state index contributed by atoms with van der Waals surface area (Å²) in [6, 6.07) is 7.01. The minimum absolute atomic E-state index is 0. The summed E-state index contributed by atoms with van der Waals surface area (Å²) in [6.07, 6.45) is 0.142. The van der Waals surface area contributed by atoms with Crippen molar-refractivity contribution in [2.45, 2.75) is 25.7 Å². The predicted molar refractivity (Wildman–Crippen MR) is 122 cm³/mol. The average molecular weight is 523 g/mol. The molecule has 0 bridgehead atoms. The zero-order valence-corrected chi connectivity index (χ0v) is 19.2. The number of hydrogen-bond donors (Lipinski definition) is 1. The monoisotopic (exact) mass is 523 g/mol. The van der Waals surface area contributed by atoms with Gasteiger partial charge in [-0.05, 0) is 24.6 Å². The molecule has 2 aliphatic rings. The molecule has 3 rings (SSSR count). The van der Waals surface area contributed by atoms with Crippen LogP contribution in [0.4, 0.5) is 18.9 Å². The molecule has 162 valence electrons. The lowest BCUT2D eigenvalue weighted by atomic mass is 10.2. The fourth-order valence-electron chi connectivity index (χ4n) is 3.55. The van der Waals surface area contributed by atoms with Crippen LogP contribution >= 0.6 is 24.0 Å². The molecule has 9 heteroatoms. The van der Waals surface area contributed by atoms with Crippen LogP contribution in [0.5, 0.6) is 0 Å². The Labute approximate surface area is 187 Å². The molecular weight excluding hydrogens is 494 g/mol. The van der Waals surface area contributed by atoms with E-state index >= 15 is 0 Å². The van der Waals surface area contributed by atoms with Crippen molar-refractivity contribution >= 4 is 35.6 Å². The third kappa shape index (κ3) is 6.24. The first-order valence-electron chi connectivity index (χ1n) is 9.63. The number of halogens is 4. The number of alkyl halides is 3. The lowest BCUT2D eigenvalue weighted by molar-refractivity contribution is -0.181. The number of nitrogens with one attached hydrogen (secondary N) is 1. The number of aliphatic imine (C=N–C) groups is 1. The van der Waals surface area contributed by atoms with Crippen LogP contribution in [0.25, 0.3) is 0 Å². The fraction of sp³-hybridized carbons (Fsp3) is 0.550. The first-order valence-corrected chi connectivity index (χ1v) is 9.63. The van der Waals surface area contributed by atoms with Crippen LogP contribution in [0.15, 0.2) is 41.4 Å². The number of benzene rings is 1. The van der Waals surface area contributed by atoms with Gasteiger partial charge in [0.1, 0.15) is 6.04 Å². The molecule has 2 aliphatic heterocycles. The van der Waals surface area contributed by atoms with Crippen molar-refractivity contribution in [3.8, 4) is 0 Å². The van der Waals surface area contributed by atoms with E-state index in [1.165, 1.54) is 17.5 Å². The van der Waals surface area contributed by atoms with Gasteiger partial charge < -0.3 is 15.1 Å². The Kier molecular flexibility index (Phi) is 8.62. The van der Waals surface area contributed by atoms with Crippen LogP contribution in [0, 0.1) is 0 Å². The average Bonchev–Trinajstić information content (AvgIpc) is 3.23. The molecule has 1 aromatic carbocycles. The van der Waals surface area contributed by atoms with Gasteiger partial charge in [-0.3, -0.25) is 9.89 Å². The second-order valence-corrected chi connectivity index (χ2v) is 7.18. The molecule has 0 radical (unpaired) electrons. The maximum atomic E-state index is 12.9. The van der Waals surface area contributed by atoms with Gasteiger partial charge in [0, 0.05) is 58.5 Å². The number of rotatable bonds is 4. The van der Waals surface area contributed by atoms with Crippen LogP contribution in [0.2, 0.25) is 0 Å². The first kappa shape index (κ1) is 23.8. The molecule has 1 atom stereocenters. The summed E-state index contributed by atoms with van der Waals surface area (Å²) >= 11 is 0. The quantitative estimate of drug-likeness (QED) is 0.284. The van der Waals surface area contributed by atoms with Crippen molar-refractivity contribution in [2.75, 3.05) is 51.2 Å². The number of hydrogen-bond acceptors (Lipinski definition) is 3. The Hall–Kier alpha value is -1.49. The fourth-order valence-corrected chi connectivity index (χ4v) is 3.55. The van der Waals surface area contributed by atoms with Gasteiger partial charge in [0.15, 0.2) is 5.96 Å². The lowest BCUT2D eigenvalue weighted by Crippen LogP contribution is -2.56. The Morgan fingerprint density at radius 3 is 2.17 bits per heavy atom. The van der Waals surface area contributed by atoms with E-state index in [0.29, 0.717) is 32.7 Å². The molecule has 1 N–H and O–H groups in total. The summed E-state index contributed by atoms with van der Waals surface area (Å²) < 4.78 is 38.7. The summed E-state index contributed by atoms with van der Waals surface area (Å²) in [6.45, 7) is 5.56. The molecule has 0 spiro atoms. The minimum atomic E-state index is -4.18. The molecule has 0 amide bonds. The van der Waals surface area contributed by atoms with Crippen LogP contribution in [-0.4, -0.2) is 74.3 Å². The van der Waals surface area contributed by atoms with Crippen molar-refractivity contribution in [1.82, 2.24) is 15.1 Å².